The molecule has 2 fully saturated rings. The third-order valence-corrected chi connectivity index (χ3v) is 10.7. The Morgan fingerprint density at radius 3 is 1.61 bits per heavy atom. The molecule has 0 aliphatic carbocycles. The maximum absolute atomic E-state index is 13.1. The zero-order valence-electron chi connectivity index (χ0n) is 24.2. The van der Waals surface area contributed by atoms with E-state index in [2.05, 4.69) is 46.4 Å². The third-order valence-electron chi connectivity index (χ3n) is 8.96. The minimum absolute atomic E-state index is 0.0176. The van der Waals surface area contributed by atoms with Gasteiger partial charge in [0.15, 0.2) is 0 Å². The lowest BCUT2D eigenvalue weighted by molar-refractivity contribution is 0.0728. The zero-order chi connectivity index (χ0) is 29.6. The highest BCUT2D eigenvalue weighted by molar-refractivity contribution is 7.12. The minimum atomic E-state index is -0.0176. The third kappa shape index (κ3) is 5.01. The van der Waals surface area contributed by atoms with E-state index in [1.54, 1.807) is 0 Å². The molecular weight excluding hydrogens is 589 g/mol. The number of nitrogens with one attached hydrogen (secondary N) is 2. The van der Waals surface area contributed by atoms with Gasteiger partial charge in [-0.2, -0.15) is 0 Å². The average Bonchev–Trinajstić information content (AvgIpc) is 3.89. The van der Waals surface area contributed by atoms with Crippen molar-refractivity contribution in [2.24, 2.45) is 0 Å². The summed E-state index contributed by atoms with van der Waals surface area (Å²) in [6.45, 7) is 1.52. The SMILES string of the molecule is O=C(c1cccs1)N1CCC[C@H]1c1nc2cc(CCc3ccc4[nH]c([C@@H]5CCCN5C(=O)c5cccs5)nc4c3)ccc2[nH]1. The predicted molar refractivity (Wildman–Crippen MR) is 174 cm³/mol. The quantitative estimate of drug-likeness (QED) is 0.196. The highest BCUT2D eigenvalue weighted by Crippen LogP contribution is 2.35. The molecule has 0 saturated carbocycles. The van der Waals surface area contributed by atoms with E-state index in [4.69, 9.17) is 9.97 Å². The fraction of sp³-hybridized carbons (Fsp3) is 0.294. The molecule has 0 spiro atoms. The van der Waals surface area contributed by atoms with Gasteiger partial charge >= 0.3 is 0 Å². The van der Waals surface area contributed by atoms with E-state index in [1.165, 1.54) is 33.8 Å². The van der Waals surface area contributed by atoms with Gasteiger partial charge in [0.2, 0.25) is 0 Å². The Labute approximate surface area is 262 Å². The zero-order valence-corrected chi connectivity index (χ0v) is 25.8. The second-order valence-corrected chi connectivity index (χ2v) is 13.6. The number of imidazole rings is 2. The number of carbonyl (C=O) groups is 2. The summed E-state index contributed by atoms with van der Waals surface area (Å²) in [4.78, 5) is 48.6. The molecule has 0 bridgehead atoms. The van der Waals surface area contributed by atoms with Gasteiger partial charge < -0.3 is 19.8 Å². The van der Waals surface area contributed by atoms with Crippen LogP contribution in [-0.4, -0.2) is 54.6 Å². The van der Waals surface area contributed by atoms with E-state index < -0.39 is 0 Å². The van der Waals surface area contributed by atoms with Crippen molar-refractivity contribution in [3.8, 4) is 0 Å². The summed E-state index contributed by atoms with van der Waals surface area (Å²) in [5.74, 6) is 1.93. The number of aromatic amines is 2. The Bertz CT molecular complexity index is 1820. The summed E-state index contributed by atoms with van der Waals surface area (Å²) in [5.41, 5.74) is 6.35. The Hall–Kier alpha value is -4.28. The second-order valence-electron chi connectivity index (χ2n) is 11.7. The highest BCUT2D eigenvalue weighted by atomic mass is 32.1. The number of fused-ring (bicyclic) bond motifs is 2. The van der Waals surface area contributed by atoms with E-state index in [-0.39, 0.29) is 23.9 Å². The van der Waals surface area contributed by atoms with Crippen LogP contribution in [0.15, 0.2) is 71.4 Å². The number of amides is 2. The van der Waals surface area contributed by atoms with Crippen LogP contribution in [0.2, 0.25) is 0 Å². The van der Waals surface area contributed by atoms with Crippen LogP contribution in [0.25, 0.3) is 22.1 Å². The van der Waals surface area contributed by atoms with Crippen molar-refractivity contribution in [3.05, 3.63) is 104 Å². The molecule has 10 heteroatoms. The van der Waals surface area contributed by atoms with Gasteiger partial charge in [-0.1, -0.05) is 24.3 Å². The number of thiophene rings is 2. The van der Waals surface area contributed by atoms with E-state index in [1.807, 2.05) is 44.8 Å². The molecule has 222 valence electrons. The van der Waals surface area contributed by atoms with Gasteiger partial charge in [0, 0.05) is 13.1 Å². The van der Waals surface area contributed by atoms with Crippen LogP contribution in [0.1, 0.15) is 79.9 Å². The second kappa shape index (κ2) is 11.3. The molecule has 2 atom stereocenters. The normalized spacial score (nSPS) is 18.6. The molecule has 0 radical (unpaired) electrons. The van der Waals surface area contributed by atoms with Gasteiger partial charge in [-0.3, -0.25) is 9.59 Å². The maximum Gasteiger partial charge on any atom is 0.264 e. The summed E-state index contributed by atoms with van der Waals surface area (Å²) in [6.07, 6.45) is 5.59. The molecule has 2 amide bonds. The van der Waals surface area contributed by atoms with E-state index in [0.717, 1.165) is 95.1 Å². The summed E-state index contributed by atoms with van der Waals surface area (Å²) >= 11 is 2.98. The lowest BCUT2D eigenvalue weighted by atomic mass is 10.0. The number of benzene rings is 2. The van der Waals surface area contributed by atoms with Gasteiger partial charge in [-0.15, -0.1) is 22.7 Å². The highest BCUT2D eigenvalue weighted by Gasteiger charge is 2.34. The molecule has 2 aliphatic rings. The van der Waals surface area contributed by atoms with Crippen molar-refractivity contribution >= 4 is 56.6 Å². The average molecular weight is 621 g/mol. The van der Waals surface area contributed by atoms with E-state index >= 15 is 0 Å². The number of nitrogens with zero attached hydrogens (tertiary/aromatic N) is 4. The van der Waals surface area contributed by atoms with Crippen LogP contribution in [0.3, 0.4) is 0 Å². The summed E-state index contributed by atoms with van der Waals surface area (Å²) in [6, 6.07) is 20.5. The van der Waals surface area contributed by atoms with Gasteiger partial charge in [-0.05, 0) is 96.8 Å². The number of rotatable bonds is 7. The van der Waals surface area contributed by atoms with Gasteiger partial charge in [0.05, 0.1) is 43.9 Å². The maximum atomic E-state index is 13.1. The van der Waals surface area contributed by atoms with Crippen LogP contribution in [0.4, 0.5) is 0 Å². The first-order valence-corrected chi connectivity index (χ1v) is 17.0. The molecule has 6 aromatic rings. The molecule has 8 nitrogen and oxygen atoms in total. The van der Waals surface area contributed by atoms with E-state index in [9.17, 15) is 9.59 Å². The van der Waals surface area contributed by atoms with Crippen LogP contribution in [-0.2, 0) is 12.8 Å². The van der Waals surface area contributed by atoms with Crippen molar-refractivity contribution in [2.75, 3.05) is 13.1 Å². The first kappa shape index (κ1) is 27.3. The van der Waals surface area contributed by atoms with Crippen molar-refractivity contribution in [2.45, 2.75) is 50.6 Å². The number of aryl methyl sites for hydroxylation is 2. The molecule has 0 unspecified atom stereocenters. The number of carbonyl (C=O) groups excluding carboxylic acids is 2. The smallest absolute Gasteiger partial charge is 0.264 e. The van der Waals surface area contributed by atoms with Crippen molar-refractivity contribution in [1.82, 2.24) is 29.7 Å². The Kier molecular flexibility index (Phi) is 7.03. The topological polar surface area (TPSA) is 98.0 Å². The summed E-state index contributed by atoms with van der Waals surface area (Å²) < 4.78 is 0. The van der Waals surface area contributed by atoms with E-state index in [0.29, 0.717) is 0 Å². The van der Waals surface area contributed by atoms with Crippen LogP contribution in [0.5, 0.6) is 0 Å². The van der Waals surface area contributed by atoms with Crippen molar-refractivity contribution in [1.29, 1.82) is 0 Å². The number of aromatic nitrogens is 4. The molecule has 2 N–H and O–H groups in total. The van der Waals surface area contributed by atoms with Crippen molar-refractivity contribution in [3.63, 3.8) is 0 Å². The minimum Gasteiger partial charge on any atom is -0.340 e. The standard InChI is InChI=1S/C34H32N6O2S2/c41-33(29-7-3-17-43-29)39-15-1-5-27(39)31-35-23-13-11-21(19-25(23)37-31)9-10-22-12-14-24-26(20-22)38-32(36-24)28-6-2-16-40(28)34(42)30-8-4-18-44-30/h3-4,7-8,11-14,17-20,27-28H,1-2,5-6,9-10,15-16H2,(H,35,37)(H,36,38)/t27-,28-/m0/s1. The number of hydrogen-bond donors (Lipinski definition) is 2. The van der Waals surface area contributed by atoms with Gasteiger partial charge in [-0.25, -0.2) is 9.97 Å². The molecule has 44 heavy (non-hydrogen) atoms. The predicted octanol–water partition coefficient (Wildman–Crippen LogP) is 7.30. The van der Waals surface area contributed by atoms with Crippen LogP contribution >= 0.6 is 22.7 Å². The lowest BCUT2D eigenvalue weighted by Gasteiger charge is -2.22. The molecule has 8 rings (SSSR count). The number of H-pyrrole nitrogens is 2. The Balaban J connectivity index is 0.962. The van der Waals surface area contributed by atoms with Crippen LogP contribution in [0, 0.1) is 0 Å². The molecule has 2 saturated heterocycles. The Morgan fingerprint density at radius 2 is 1.18 bits per heavy atom. The first-order chi connectivity index (χ1) is 21.6. The summed E-state index contributed by atoms with van der Waals surface area (Å²) in [7, 11) is 0. The molecule has 6 heterocycles. The first-order valence-electron chi connectivity index (χ1n) is 15.3. The fourth-order valence-corrected chi connectivity index (χ4v) is 8.09. The Morgan fingerprint density at radius 1 is 0.705 bits per heavy atom. The largest absolute Gasteiger partial charge is 0.340 e. The summed E-state index contributed by atoms with van der Waals surface area (Å²) in [5, 5.41) is 3.90. The molecule has 2 aromatic carbocycles. The van der Waals surface area contributed by atoms with Gasteiger partial charge in [0.25, 0.3) is 11.8 Å². The monoisotopic (exact) mass is 620 g/mol. The van der Waals surface area contributed by atoms with Crippen molar-refractivity contribution < 1.29 is 9.59 Å². The fourth-order valence-electron chi connectivity index (χ4n) is 6.73. The molecule has 2 aliphatic heterocycles. The van der Waals surface area contributed by atoms with Crippen LogP contribution < -0.4 is 0 Å². The molecule has 4 aromatic heterocycles. The lowest BCUT2D eigenvalue weighted by Crippen LogP contribution is -2.30. The number of likely N-dealkylation sites (tertiary alicyclic amines) is 2. The number of hydrogen-bond acceptors (Lipinski definition) is 6. The van der Waals surface area contributed by atoms with Gasteiger partial charge in [0.1, 0.15) is 11.6 Å². The molecular formula is C34H32N6O2S2.